The summed E-state index contributed by atoms with van der Waals surface area (Å²) < 4.78 is 110. The number of aromatic hydroxyl groups is 1. The summed E-state index contributed by atoms with van der Waals surface area (Å²) in [6.07, 6.45) is 3.24. The highest BCUT2D eigenvalue weighted by atomic mass is 19.4. The molecule has 2 unspecified atom stereocenters. The third-order valence-corrected chi connectivity index (χ3v) is 12.0. The lowest BCUT2D eigenvalue weighted by molar-refractivity contribution is -0.158. The summed E-state index contributed by atoms with van der Waals surface area (Å²) in [5, 5.41) is 16.4. The number of fused-ring (bicyclic) bond motifs is 6. The van der Waals surface area contributed by atoms with E-state index in [-0.39, 0.29) is 76.1 Å². The Morgan fingerprint density at radius 3 is 2.40 bits per heavy atom. The van der Waals surface area contributed by atoms with Crippen LogP contribution in [0.5, 0.6) is 11.8 Å². The number of hydrogen-bond acceptors (Lipinski definition) is 8. The van der Waals surface area contributed by atoms with Gasteiger partial charge < -0.3 is 24.5 Å². The second-order valence-corrected chi connectivity index (χ2v) is 16.2. The van der Waals surface area contributed by atoms with Crippen molar-refractivity contribution in [3.8, 4) is 35.2 Å². The van der Waals surface area contributed by atoms with E-state index < -0.39 is 78.0 Å². The number of aromatic nitrogens is 4. The maximum absolute atomic E-state index is 17.6. The number of phenolic OH excluding ortho intramolecular Hbond substituents is 1. The van der Waals surface area contributed by atoms with Crippen molar-refractivity contribution in [2.24, 2.45) is 24.3 Å². The van der Waals surface area contributed by atoms with Gasteiger partial charge >= 0.3 is 12.2 Å². The van der Waals surface area contributed by atoms with Gasteiger partial charge in [0.15, 0.2) is 5.82 Å². The predicted molar refractivity (Wildman–Crippen MR) is 196 cm³/mol. The maximum Gasteiger partial charge on any atom is 0.392 e. The van der Waals surface area contributed by atoms with Crippen LogP contribution in [0.4, 0.5) is 36.6 Å². The van der Waals surface area contributed by atoms with Gasteiger partial charge in [0.1, 0.15) is 35.0 Å². The largest absolute Gasteiger partial charge is 0.508 e. The lowest BCUT2D eigenvalue weighted by Crippen LogP contribution is -2.56. The van der Waals surface area contributed by atoms with Gasteiger partial charge in [-0.1, -0.05) is 12.0 Å². The Morgan fingerprint density at radius 2 is 1.79 bits per heavy atom. The van der Waals surface area contributed by atoms with E-state index in [9.17, 15) is 31.9 Å². The van der Waals surface area contributed by atoms with Crippen molar-refractivity contribution in [3.05, 3.63) is 47.7 Å². The number of halogens is 7. The summed E-state index contributed by atoms with van der Waals surface area (Å²) in [5.74, 6) is -5.86. The summed E-state index contributed by atoms with van der Waals surface area (Å²) in [5.41, 5.74) is -2.08. The summed E-state index contributed by atoms with van der Waals surface area (Å²) in [6, 6.07) is 3.80. The molecule has 2 aromatic heterocycles. The first-order valence-corrected chi connectivity index (χ1v) is 18.5. The van der Waals surface area contributed by atoms with E-state index in [1.165, 1.54) is 22.9 Å². The number of ether oxygens (including phenoxy) is 1. The number of aryl methyl sites for hydroxylation is 1. The van der Waals surface area contributed by atoms with Crippen LogP contribution < -0.4 is 9.64 Å². The molecular weight excluding hydrogens is 759 g/mol. The molecule has 57 heavy (non-hydrogen) atoms. The van der Waals surface area contributed by atoms with E-state index in [0.29, 0.717) is 23.6 Å². The Kier molecular flexibility index (Phi) is 8.20. The van der Waals surface area contributed by atoms with Crippen LogP contribution in [-0.4, -0.2) is 105 Å². The SMILES string of the molecule is C#Cc1c(F)ccc2cc(O)cc(-c3c(F)c4nc(OC[C@]5(CN(C)C)CC5(F)F)nc(N5C[C@H]6CC[C@@H](C5)N6C(=O)C5CC5C(F)(F)F)c4c4cn(C)nc34)c12. The number of terminal acetylenes is 1. The van der Waals surface area contributed by atoms with Crippen molar-refractivity contribution >= 4 is 44.3 Å². The van der Waals surface area contributed by atoms with Crippen LogP contribution in [-0.2, 0) is 11.8 Å². The van der Waals surface area contributed by atoms with Crippen molar-refractivity contribution in [2.45, 2.75) is 49.9 Å². The molecule has 2 saturated carbocycles. The van der Waals surface area contributed by atoms with Crippen molar-refractivity contribution in [1.82, 2.24) is 29.5 Å². The highest BCUT2D eigenvalue weighted by Crippen LogP contribution is 2.61. The molecule has 0 radical (unpaired) electrons. The van der Waals surface area contributed by atoms with E-state index in [2.05, 4.69) is 16.0 Å². The zero-order valence-electron chi connectivity index (χ0n) is 31.0. The third-order valence-electron chi connectivity index (χ3n) is 12.0. The molecule has 4 aliphatic rings. The lowest BCUT2D eigenvalue weighted by atomic mass is 9.91. The van der Waals surface area contributed by atoms with Gasteiger partial charge in [0.25, 0.3) is 5.92 Å². The van der Waals surface area contributed by atoms with E-state index in [0.717, 1.165) is 6.07 Å². The molecule has 4 fully saturated rings. The molecule has 2 saturated heterocycles. The average molecular weight is 796 g/mol. The number of anilines is 1. The van der Waals surface area contributed by atoms with Gasteiger partial charge in [-0.25, -0.2) is 17.6 Å². The molecule has 9 rings (SSSR count). The van der Waals surface area contributed by atoms with Crippen LogP contribution in [0.25, 0.3) is 43.7 Å². The zero-order valence-corrected chi connectivity index (χ0v) is 31.0. The molecule has 10 nitrogen and oxygen atoms in total. The molecule has 1 N–H and O–H groups in total. The number of alkyl halides is 5. The van der Waals surface area contributed by atoms with Crippen LogP contribution in [0, 0.1) is 41.2 Å². The molecule has 5 atom stereocenters. The van der Waals surface area contributed by atoms with Crippen molar-refractivity contribution in [1.29, 1.82) is 0 Å². The number of phenols is 1. The van der Waals surface area contributed by atoms with E-state index in [4.69, 9.17) is 16.1 Å². The smallest absolute Gasteiger partial charge is 0.392 e. The fourth-order valence-corrected chi connectivity index (χ4v) is 9.24. The fourth-order valence-electron chi connectivity index (χ4n) is 9.24. The molecule has 3 aromatic carbocycles. The normalized spacial score (nSPS) is 25.2. The summed E-state index contributed by atoms with van der Waals surface area (Å²) in [4.78, 5) is 27.6. The van der Waals surface area contributed by atoms with Gasteiger partial charge in [-0.15, -0.1) is 6.42 Å². The van der Waals surface area contributed by atoms with Gasteiger partial charge in [0, 0.05) is 67.7 Å². The standard InChI is InChI=1S/C40H36F7N7O3/c1-5-23-28(41)9-6-19-10-22(55)11-25(29(19)23)30-32(42)34-31(26-15-52(4)50-33(26)30)35(49-37(48-34)57-18-38(17-51(2)3)16-39(38,43)44)53-13-20-7-8-21(14-53)54(20)36(56)24-12-27(24)40(45,46)47/h1,6,9-11,15,20-21,24,27,55H,7-8,12-14,16-18H2,2-4H3/t20-,21+,24?,27?,38-/m1/s1. The number of nitrogens with zero attached hydrogens (tertiary/aromatic N) is 7. The van der Waals surface area contributed by atoms with Gasteiger partial charge in [0.05, 0.1) is 28.2 Å². The first-order valence-electron chi connectivity index (χ1n) is 18.5. The molecule has 0 spiro atoms. The van der Waals surface area contributed by atoms with Gasteiger partial charge in [-0.2, -0.15) is 28.2 Å². The molecule has 2 aliphatic carbocycles. The van der Waals surface area contributed by atoms with E-state index in [1.807, 2.05) is 0 Å². The Balaban J connectivity index is 1.22. The molecule has 1 amide bonds. The number of piperazine rings is 1. The van der Waals surface area contributed by atoms with Crippen LogP contribution >= 0.6 is 0 Å². The quantitative estimate of drug-likeness (QED) is 0.138. The van der Waals surface area contributed by atoms with Crippen LogP contribution in [0.3, 0.4) is 0 Å². The minimum Gasteiger partial charge on any atom is -0.508 e. The topological polar surface area (TPSA) is 99.9 Å². The first-order chi connectivity index (χ1) is 26.9. The highest BCUT2D eigenvalue weighted by molar-refractivity contribution is 6.18. The Morgan fingerprint density at radius 1 is 1.09 bits per heavy atom. The molecule has 2 aliphatic heterocycles. The number of carbonyl (C=O) groups is 1. The number of benzene rings is 3. The van der Waals surface area contributed by atoms with Crippen molar-refractivity contribution < 1.29 is 45.4 Å². The monoisotopic (exact) mass is 795 g/mol. The number of carbonyl (C=O) groups excluding carboxylic acids is 1. The van der Waals surface area contributed by atoms with Gasteiger partial charge in [0.2, 0.25) is 5.91 Å². The number of rotatable bonds is 8. The van der Waals surface area contributed by atoms with Crippen LogP contribution in [0.15, 0.2) is 30.5 Å². The molecule has 5 aromatic rings. The number of amides is 1. The Labute approximate surface area is 321 Å². The van der Waals surface area contributed by atoms with Crippen LogP contribution in [0.2, 0.25) is 0 Å². The lowest BCUT2D eigenvalue weighted by Gasteiger charge is -2.42. The van der Waals surface area contributed by atoms with Crippen molar-refractivity contribution in [3.63, 3.8) is 0 Å². The molecular formula is C40H36F7N7O3. The predicted octanol–water partition coefficient (Wildman–Crippen LogP) is 6.65. The second kappa shape index (κ2) is 12.6. The molecule has 17 heteroatoms. The minimum absolute atomic E-state index is 0.0105. The second-order valence-electron chi connectivity index (χ2n) is 16.2. The van der Waals surface area contributed by atoms with Gasteiger partial charge in [-0.05, 0) is 62.5 Å². The Bertz CT molecular complexity index is 2560. The maximum atomic E-state index is 17.6. The molecule has 2 bridgehead atoms. The molecule has 298 valence electrons. The van der Waals surface area contributed by atoms with Crippen molar-refractivity contribution in [2.75, 3.05) is 45.2 Å². The van der Waals surface area contributed by atoms with E-state index in [1.54, 1.807) is 42.0 Å². The first kappa shape index (κ1) is 37.2. The van der Waals surface area contributed by atoms with Gasteiger partial charge in [-0.3, -0.25) is 9.48 Å². The van der Waals surface area contributed by atoms with Crippen LogP contribution in [0.1, 0.15) is 31.2 Å². The number of hydrogen-bond donors (Lipinski definition) is 1. The average Bonchev–Trinajstić information content (AvgIpc) is 3.97. The summed E-state index contributed by atoms with van der Waals surface area (Å²) >= 11 is 0. The highest BCUT2D eigenvalue weighted by Gasteiger charge is 2.71. The summed E-state index contributed by atoms with van der Waals surface area (Å²) in [6.45, 7) is -0.243. The fraction of sp³-hybridized carbons (Fsp3) is 0.450. The third kappa shape index (κ3) is 5.89. The zero-order chi connectivity index (χ0) is 40.5. The molecule has 4 heterocycles. The Hall–Kier alpha value is -5.37. The van der Waals surface area contributed by atoms with E-state index >= 15 is 8.78 Å². The minimum atomic E-state index is -4.47. The summed E-state index contributed by atoms with van der Waals surface area (Å²) in [7, 11) is 4.92.